The van der Waals surface area contributed by atoms with E-state index < -0.39 is 0 Å². The molecular formula is C15H21N3. The van der Waals surface area contributed by atoms with Crippen molar-refractivity contribution in [2.75, 3.05) is 6.54 Å². The van der Waals surface area contributed by atoms with Crippen molar-refractivity contribution in [3.05, 3.63) is 47.3 Å². The quantitative estimate of drug-likeness (QED) is 0.875. The van der Waals surface area contributed by atoms with Crippen molar-refractivity contribution in [1.29, 1.82) is 0 Å². The second kappa shape index (κ2) is 5.83. The zero-order valence-electron chi connectivity index (χ0n) is 11.4. The molecule has 0 amide bonds. The lowest BCUT2D eigenvalue weighted by molar-refractivity contribution is 0.721. The molecule has 0 saturated carbocycles. The summed E-state index contributed by atoms with van der Waals surface area (Å²) in [6, 6.07) is 8.45. The first kappa shape index (κ1) is 12.8. The van der Waals surface area contributed by atoms with Gasteiger partial charge < -0.3 is 5.32 Å². The highest BCUT2D eigenvalue weighted by Gasteiger charge is 2.09. The molecule has 1 aromatic heterocycles. The van der Waals surface area contributed by atoms with E-state index in [1.165, 1.54) is 22.5 Å². The summed E-state index contributed by atoms with van der Waals surface area (Å²) in [4.78, 5) is 0. The molecular weight excluding hydrogens is 222 g/mol. The maximum Gasteiger partial charge on any atom is 0.0680 e. The third-order valence-electron chi connectivity index (χ3n) is 3.28. The number of rotatable bonds is 5. The number of nitrogens with zero attached hydrogens (tertiary/aromatic N) is 2. The number of hydrogen-bond acceptors (Lipinski definition) is 2. The van der Waals surface area contributed by atoms with Crippen LogP contribution in [0.2, 0.25) is 0 Å². The van der Waals surface area contributed by atoms with Crippen molar-refractivity contribution >= 4 is 0 Å². The number of para-hydroxylation sites is 1. The molecule has 0 unspecified atom stereocenters. The molecule has 0 bridgehead atoms. The van der Waals surface area contributed by atoms with Gasteiger partial charge in [0.15, 0.2) is 0 Å². The number of aryl methyl sites for hydroxylation is 1. The fourth-order valence-electron chi connectivity index (χ4n) is 2.14. The largest absolute Gasteiger partial charge is 0.313 e. The maximum atomic E-state index is 4.52. The van der Waals surface area contributed by atoms with E-state index in [1.807, 2.05) is 10.9 Å². The van der Waals surface area contributed by atoms with E-state index in [0.29, 0.717) is 0 Å². The lowest BCUT2D eigenvalue weighted by Crippen LogP contribution is -2.12. The Morgan fingerprint density at radius 1 is 1.17 bits per heavy atom. The Morgan fingerprint density at radius 3 is 2.67 bits per heavy atom. The van der Waals surface area contributed by atoms with E-state index in [1.54, 1.807) is 0 Å². The molecule has 1 N–H and O–H groups in total. The Balaban J connectivity index is 2.36. The summed E-state index contributed by atoms with van der Waals surface area (Å²) in [6.45, 7) is 8.29. The molecule has 3 nitrogen and oxygen atoms in total. The van der Waals surface area contributed by atoms with Gasteiger partial charge in [0.05, 0.1) is 11.9 Å². The van der Waals surface area contributed by atoms with E-state index in [2.05, 4.69) is 55.5 Å². The van der Waals surface area contributed by atoms with E-state index >= 15 is 0 Å². The van der Waals surface area contributed by atoms with Crippen LogP contribution in [0.1, 0.15) is 30.7 Å². The number of nitrogens with one attached hydrogen (secondary N) is 1. The van der Waals surface area contributed by atoms with Crippen LogP contribution in [0.3, 0.4) is 0 Å². The molecule has 0 atom stereocenters. The number of benzene rings is 1. The molecule has 0 spiro atoms. The van der Waals surface area contributed by atoms with Crippen molar-refractivity contribution < 1.29 is 0 Å². The minimum atomic E-state index is 0.886. The van der Waals surface area contributed by atoms with Crippen molar-refractivity contribution in [2.24, 2.45) is 0 Å². The van der Waals surface area contributed by atoms with Crippen LogP contribution in [0.15, 0.2) is 30.5 Å². The van der Waals surface area contributed by atoms with Gasteiger partial charge in [-0.25, -0.2) is 4.68 Å². The molecule has 3 heteroatoms. The molecule has 2 aromatic rings. The van der Waals surface area contributed by atoms with Gasteiger partial charge in [0.1, 0.15) is 0 Å². The van der Waals surface area contributed by atoms with Gasteiger partial charge in [-0.2, -0.15) is 5.10 Å². The highest BCUT2D eigenvalue weighted by Crippen LogP contribution is 2.18. The molecule has 96 valence electrons. The summed E-state index contributed by atoms with van der Waals surface area (Å²) in [7, 11) is 0. The van der Waals surface area contributed by atoms with Gasteiger partial charge in [0.2, 0.25) is 0 Å². The lowest BCUT2D eigenvalue weighted by Gasteiger charge is -2.10. The van der Waals surface area contributed by atoms with E-state index in [4.69, 9.17) is 0 Å². The molecule has 18 heavy (non-hydrogen) atoms. The number of aromatic nitrogens is 2. The fraction of sp³-hybridized carbons (Fsp3) is 0.400. The zero-order chi connectivity index (χ0) is 13.0. The van der Waals surface area contributed by atoms with Gasteiger partial charge in [-0.3, -0.25) is 0 Å². The summed E-state index contributed by atoms with van der Waals surface area (Å²) in [5.41, 5.74) is 5.01. The second-order valence-corrected chi connectivity index (χ2v) is 4.43. The summed E-state index contributed by atoms with van der Waals surface area (Å²) in [5.74, 6) is 0. The van der Waals surface area contributed by atoms with Gasteiger partial charge in [0.25, 0.3) is 0 Å². The van der Waals surface area contributed by atoms with Crippen molar-refractivity contribution in [1.82, 2.24) is 15.1 Å². The first-order chi connectivity index (χ1) is 8.77. The fourth-order valence-corrected chi connectivity index (χ4v) is 2.14. The minimum absolute atomic E-state index is 0.886. The molecule has 2 rings (SSSR count). The van der Waals surface area contributed by atoms with Crippen molar-refractivity contribution in [3.63, 3.8) is 0 Å². The Bertz CT molecular complexity index is 514. The first-order valence-electron chi connectivity index (χ1n) is 6.60. The first-order valence-corrected chi connectivity index (χ1v) is 6.60. The highest BCUT2D eigenvalue weighted by molar-refractivity contribution is 5.42. The van der Waals surface area contributed by atoms with Gasteiger partial charge in [-0.1, -0.05) is 32.0 Å². The van der Waals surface area contributed by atoms with Crippen molar-refractivity contribution in [3.8, 4) is 5.69 Å². The Labute approximate surface area is 109 Å². The molecule has 0 radical (unpaired) electrons. The predicted octanol–water partition coefficient (Wildman–Crippen LogP) is 2.85. The molecule has 0 aliphatic rings. The SMILES string of the molecule is CCNCc1cnn(-c2ccccc2CC)c1C. The maximum absolute atomic E-state index is 4.52. The molecule has 0 fully saturated rings. The Kier molecular flexibility index (Phi) is 4.15. The monoisotopic (exact) mass is 243 g/mol. The van der Waals surface area contributed by atoms with Crippen LogP contribution in [0.25, 0.3) is 5.69 Å². The minimum Gasteiger partial charge on any atom is -0.313 e. The van der Waals surface area contributed by atoms with Gasteiger partial charge in [-0.15, -0.1) is 0 Å². The Hall–Kier alpha value is -1.61. The zero-order valence-corrected chi connectivity index (χ0v) is 11.4. The molecule has 0 saturated heterocycles. The standard InChI is InChI=1S/C15H21N3/c1-4-13-8-6-7-9-15(13)18-12(3)14(11-17-18)10-16-5-2/h6-9,11,16H,4-5,10H2,1-3H3. The van der Waals surface area contributed by atoms with Crippen LogP contribution in [0, 0.1) is 6.92 Å². The lowest BCUT2D eigenvalue weighted by atomic mass is 10.1. The average Bonchev–Trinajstić information content (AvgIpc) is 2.77. The third kappa shape index (κ3) is 2.46. The Morgan fingerprint density at radius 2 is 1.94 bits per heavy atom. The van der Waals surface area contributed by atoms with Crippen LogP contribution in [0.5, 0.6) is 0 Å². The van der Waals surface area contributed by atoms with Gasteiger partial charge >= 0.3 is 0 Å². The van der Waals surface area contributed by atoms with Crippen LogP contribution in [0.4, 0.5) is 0 Å². The van der Waals surface area contributed by atoms with Gasteiger partial charge in [0, 0.05) is 17.8 Å². The second-order valence-electron chi connectivity index (χ2n) is 4.43. The summed E-state index contributed by atoms with van der Waals surface area (Å²) >= 11 is 0. The summed E-state index contributed by atoms with van der Waals surface area (Å²) in [6.07, 6.45) is 2.99. The van der Waals surface area contributed by atoms with Crippen molar-refractivity contribution in [2.45, 2.75) is 33.7 Å². The number of hydrogen-bond donors (Lipinski definition) is 1. The third-order valence-corrected chi connectivity index (χ3v) is 3.28. The van der Waals surface area contributed by atoms with Gasteiger partial charge in [-0.05, 0) is 31.5 Å². The van der Waals surface area contributed by atoms with Crippen LogP contribution < -0.4 is 5.32 Å². The topological polar surface area (TPSA) is 29.9 Å². The molecule has 0 aliphatic carbocycles. The highest BCUT2D eigenvalue weighted by atomic mass is 15.3. The average molecular weight is 243 g/mol. The summed E-state index contributed by atoms with van der Waals surface area (Å²) < 4.78 is 2.05. The predicted molar refractivity (Wildman–Crippen MR) is 75.1 cm³/mol. The summed E-state index contributed by atoms with van der Waals surface area (Å²) in [5, 5.41) is 7.87. The molecule has 0 aliphatic heterocycles. The normalized spacial score (nSPS) is 10.8. The van der Waals surface area contributed by atoms with Crippen LogP contribution >= 0.6 is 0 Å². The molecule has 1 aromatic carbocycles. The van der Waals surface area contributed by atoms with Crippen LogP contribution in [-0.2, 0) is 13.0 Å². The van der Waals surface area contributed by atoms with E-state index in [0.717, 1.165) is 19.5 Å². The smallest absolute Gasteiger partial charge is 0.0680 e. The molecule has 1 heterocycles. The van der Waals surface area contributed by atoms with Crippen LogP contribution in [-0.4, -0.2) is 16.3 Å². The van der Waals surface area contributed by atoms with E-state index in [-0.39, 0.29) is 0 Å². The van der Waals surface area contributed by atoms with E-state index in [9.17, 15) is 0 Å².